The van der Waals surface area contributed by atoms with Crippen molar-refractivity contribution in [3.63, 3.8) is 0 Å². The Hall–Kier alpha value is -2.30. The van der Waals surface area contributed by atoms with Crippen LogP contribution in [-0.2, 0) is 4.79 Å². The molecule has 3 rings (SSSR count). The fraction of sp³-hybridized carbons (Fsp3) is 0.375. The number of carbonyl (C=O) groups is 2. The standard InChI is InChI=1S/C16H18N2O3/c1-9-6-10(2)11-8-13(17-12(11)7-9)15(19)18-5-3-4-14(18)16(20)21/h6-8,14,17H,3-5H2,1-2H3,(H,20,21)/t14-/m1/s1. The number of nitrogens with zero attached hydrogens (tertiary/aromatic N) is 1. The SMILES string of the molecule is Cc1cc(C)c2cc(C(=O)N3CCC[C@@H]3C(=O)O)[nH]c2c1. The number of nitrogens with one attached hydrogen (secondary N) is 1. The van der Waals surface area contributed by atoms with Gasteiger partial charge in [0.05, 0.1) is 0 Å². The highest BCUT2D eigenvalue weighted by molar-refractivity contribution is 6.00. The van der Waals surface area contributed by atoms with E-state index >= 15 is 0 Å². The number of rotatable bonds is 2. The Labute approximate surface area is 122 Å². The van der Waals surface area contributed by atoms with Gasteiger partial charge in [-0.05, 0) is 49.9 Å². The van der Waals surface area contributed by atoms with Gasteiger partial charge in [-0.1, -0.05) is 6.07 Å². The highest BCUT2D eigenvalue weighted by Gasteiger charge is 2.34. The van der Waals surface area contributed by atoms with Gasteiger partial charge in [0.15, 0.2) is 0 Å². The van der Waals surface area contributed by atoms with E-state index in [0.717, 1.165) is 28.5 Å². The van der Waals surface area contributed by atoms with Crippen molar-refractivity contribution < 1.29 is 14.7 Å². The molecule has 0 aliphatic carbocycles. The van der Waals surface area contributed by atoms with Crippen molar-refractivity contribution in [1.29, 1.82) is 0 Å². The van der Waals surface area contributed by atoms with Gasteiger partial charge in [-0.15, -0.1) is 0 Å². The zero-order valence-electron chi connectivity index (χ0n) is 12.1. The van der Waals surface area contributed by atoms with Crippen LogP contribution < -0.4 is 0 Å². The Balaban J connectivity index is 1.98. The Bertz CT molecular complexity index is 732. The van der Waals surface area contributed by atoms with E-state index in [1.54, 1.807) is 0 Å². The zero-order valence-corrected chi connectivity index (χ0v) is 12.1. The molecule has 5 nitrogen and oxygen atoms in total. The molecule has 1 amide bonds. The molecule has 1 aromatic carbocycles. The van der Waals surface area contributed by atoms with E-state index in [-0.39, 0.29) is 5.91 Å². The lowest BCUT2D eigenvalue weighted by Crippen LogP contribution is -2.40. The number of carbonyl (C=O) groups excluding carboxylic acids is 1. The van der Waals surface area contributed by atoms with Crippen molar-refractivity contribution in [2.24, 2.45) is 0 Å². The number of carboxylic acid groups (broad SMARTS) is 1. The first-order chi connectivity index (χ1) is 9.97. The summed E-state index contributed by atoms with van der Waals surface area (Å²) in [6, 6.07) is 5.19. The number of benzene rings is 1. The normalized spacial score (nSPS) is 18.4. The van der Waals surface area contributed by atoms with Crippen molar-refractivity contribution in [3.8, 4) is 0 Å². The Kier molecular flexibility index (Phi) is 3.20. The van der Waals surface area contributed by atoms with Gasteiger partial charge >= 0.3 is 5.97 Å². The number of fused-ring (bicyclic) bond motifs is 1. The average Bonchev–Trinajstić information content (AvgIpc) is 3.03. The molecule has 110 valence electrons. The summed E-state index contributed by atoms with van der Waals surface area (Å²) in [5.41, 5.74) is 3.62. The largest absolute Gasteiger partial charge is 0.480 e. The topological polar surface area (TPSA) is 73.4 Å². The second kappa shape index (κ2) is 4.91. The lowest BCUT2D eigenvalue weighted by Gasteiger charge is -2.20. The summed E-state index contributed by atoms with van der Waals surface area (Å²) in [4.78, 5) is 28.4. The van der Waals surface area contributed by atoms with Crippen molar-refractivity contribution in [2.45, 2.75) is 32.7 Å². The molecule has 2 heterocycles. The molecule has 2 N–H and O–H groups in total. The number of aromatic amines is 1. The number of aryl methyl sites for hydroxylation is 2. The molecule has 0 spiro atoms. The maximum Gasteiger partial charge on any atom is 0.326 e. The van der Waals surface area contributed by atoms with Gasteiger partial charge in [-0.25, -0.2) is 4.79 Å². The van der Waals surface area contributed by atoms with Crippen LogP contribution in [-0.4, -0.2) is 39.5 Å². The summed E-state index contributed by atoms with van der Waals surface area (Å²) in [7, 11) is 0. The van der Waals surface area contributed by atoms with Crippen LogP contribution in [0.4, 0.5) is 0 Å². The van der Waals surface area contributed by atoms with Gasteiger partial charge in [0.2, 0.25) is 0 Å². The molecule has 1 saturated heterocycles. The van der Waals surface area contributed by atoms with Crippen molar-refractivity contribution in [3.05, 3.63) is 35.0 Å². The lowest BCUT2D eigenvalue weighted by atomic mass is 10.1. The maximum absolute atomic E-state index is 12.6. The first-order valence-electron chi connectivity index (χ1n) is 7.11. The number of aromatic nitrogens is 1. The molecule has 1 aromatic heterocycles. The van der Waals surface area contributed by atoms with E-state index in [4.69, 9.17) is 0 Å². The summed E-state index contributed by atoms with van der Waals surface area (Å²) in [6.07, 6.45) is 1.26. The zero-order chi connectivity index (χ0) is 15.1. The van der Waals surface area contributed by atoms with E-state index in [2.05, 4.69) is 11.1 Å². The number of likely N-dealkylation sites (tertiary alicyclic amines) is 1. The monoisotopic (exact) mass is 286 g/mol. The third kappa shape index (κ3) is 2.28. The van der Waals surface area contributed by atoms with Crippen molar-refractivity contribution in [2.75, 3.05) is 6.54 Å². The molecule has 2 aromatic rings. The van der Waals surface area contributed by atoms with Gasteiger partial charge < -0.3 is 15.0 Å². The molecule has 1 atom stereocenters. The van der Waals surface area contributed by atoms with E-state index in [0.29, 0.717) is 18.7 Å². The van der Waals surface area contributed by atoms with E-state index in [1.807, 2.05) is 26.0 Å². The minimum Gasteiger partial charge on any atom is -0.480 e. The molecule has 1 fully saturated rings. The van der Waals surface area contributed by atoms with Crippen molar-refractivity contribution in [1.82, 2.24) is 9.88 Å². The third-order valence-electron chi connectivity index (χ3n) is 4.12. The van der Waals surface area contributed by atoms with Gasteiger partial charge in [0.1, 0.15) is 11.7 Å². The Morgan fingerprint density at radius 2 is 2.05 bits per heavy atom. The lowest BCUT2D eigenvalue weighted by molar-refractivity contribution is -0.141. The van der Waals surface area contributed by atoms with Crippen LogP contribution in [0.25, 0.3) is 10.9 Å². The van der Waals surface area contributed by atoms with Crippen LogP contribution in [0.15, 0.2) is 18.2 Å². The van der Waals surface area contributed by atoms with E-state index in [1.165, 1.54) is 4.90 Å². The first kappa shape index (κ1) is 13.7. The number of hydrogen-bond donors (Lipinski definition) is 2. The van der Waals surface area contributed by atoms with Crippen LogP contribution in [0.3, 0.4) is 0 Å². The van der Waals surface area contributed by atoms with Gasteiger partial charge in [0.25, 0.3) is 5.91 Å². The molecule has 1 aliphatic heterocycles. The molecule has 21 heavy (non-hydrogen) atoms. The maximum atomic E-state index is 12.6. The number of hydrogen-bond acceptors (Lipinski definition) is 2. The van der Waals surface area contributed by atoms with E-state index in [9.17, 15) is 14.7 Å². The van der Waals surface area contributed by atoms with Gasteiger partial charge in [0, 0.05) is 17.4 Å². The quantitative estimate of drug-likeness (QED) is 0.890. The molecule has 0 radical (unpaired) electrons. The van der Waals surface area contributed by atoms with Crippen LogP contribution in [0.1, 0.15) is 34.5 Å². The summed E-state index contributed by atoms with van der Waals surface area (Å²) >= 11 is 0. The second-order valence-electron chi connectivity index (χ2n) is 5.72. The van der Waals surface area contributed by atoms with Crippen LogP contribution in [0.2, 0.25) is 0 Å². The predicted octanol–water partition coefficient (Wildman–Crippen LogP) is 2.47. The smallest absolute Gasteiger partial charge is 0.326 e. The minimum atomic E-state index is -0.927. The minimum absolute atomic E-state index is 0.229. The second-order valence-corrected chi connectivity index (χ2v) is 5.72. The number of carboxylic acids is 1. The Morgan fingerprint density at radius 3 is 2.76 bits per heavy atom. The van der Waals surface area contributed by atoms with Gasteiger partial charge in [-0.2, -0.15) is 0 Å². The number of amides is 1. The fourth-order valence-electron chi connectivity index (χ4n) is 3.14. The van der Waals surface area contributed by atoms with Crippen LogP contribution in [0, 0.1) is 13.8 Å². The molecule has 1 aliphatic rings. The number of H-pyrrole nitrogens is 1. The van der Waals surface area contributed by atoms with Crippen LogP contribution in [0.5, 0.6) is 0 Å². The number of aliphatic carboxylic acids is 1. The summed E-state index contributed by atoms with van der Waals surface area (Å²) < 4.78 is 0. The highest BCUT2D eigenvalue weighted by atomic mass is 16.4. The average molecular weight is 286 g/mol. The predicted molar refractivity (Wildman–Crippen MR) is 79.5 cm³/mol. The van der Waals surface area contributed by atoms with Gasteiger partial charge in [-0.3, -0.25) is 4.79 Å². The fourth-order valence-corrected chi connectivity index (χ4v) is 3.14. The molecular weight excluding hydrogens is 268 g/mol. The molecule has 0 bridgehead atoms. The first-order valence-corrected chi connectivity index (χ1v) is 7.11. The Morgan fingerprint density at radius 1 is 1.29 bits per heavy atom. The summed E-state index contributed by atoms with van der Waals surface area (Å²) in [5.74, 6) is -1.16. The molecule has 0 unspecified atom stereocenters. The van der Waals surface area contributed by atoms with Crippen molar-refractivity contribution >= 4 is 22.8 Å². The summed E-state index contributed by atoms with van der Waals surface area (Å²) in [5, 5.41) is 10.2. The highest BCUT2D eigenvalue weighted by Crippen LogP contribution is 2.25. The van der Waals surface area contributed by atoms with E-state index < -0.39 is 12.0 Å². The summed E-state index contributed by atoms with van der Waals surface area (Å²) in [6.45, 7) is 4.52. The molecular formula is C16H18N2O3. The molecule has 0 saturated carbocycles. The third-order valence-corrected chi connectivity index (χ3v) is 4.12. The van der Waals surface area contributed by atoms with Crippen LogP contribution >= 0.6 is 0 Å². The molecule has 5 heteroatoms.